The molecule has 0 aromatic heterocycles. The first-order chi connectivity index (χ1) is 9.20. The number of aliphatic hydroxyl groups excluding tert-OH is 1. The normalized spacial score (nSPS) is 13.3. The quantitative estimate of drug-likeness (QED) is 0.847. The molecule has 0 radical (unpaired) electrons. The maximum Gasteiger partial charge on any atom is 0.0698 e. The van der Waals surface area contributed by atoms with Gasteiger partial charge in [0.2, 0.25) is 0 Å². The van der Waals surface area contributed by atoms with Crippen molar-refractivity contribution in [3.63, 3.8) is 0 Å². The highest BCUT2D eigenvalue weighted by Crippen LogP contribution is 2.24. The summed E-state index contributed by atoms with van der Waals surface area (Å²) in [7, 11) is 0. The second-order valence-corrected chi connectivity index (χ2v) is 4.73. The largest absolute Gasteiger partial charge is 0.389 e. The van der Waals surface area contributed by atoms with Crippen molar-refractivity contribution in [2.24, 2.45) is 0 Å². The molecule has 0 saturated heterocycles. The van der Waals surface area contributed by atoms with Gasteiger partial charge in [-0.1, -0.05) is 67.6 Å². The lowest BCUT2D eigenvalue weighted by Crippen LogP contribution is -1.95. The van der Waals surface area contributed by atoms with Crippen LogP contribution in [0.2, 0.25) is 0 Å². The monoisotopic (exact) mass is 252 g/mol. The van der Waals surface area contributed by atoms with Gasteiger partial charge in [0.15, 0.2) is 0 Å². The van der Waals surface area contributed by atoms with E-state index in [1.807, 2.05) is 24.3 Å². The molecule has 0 fully saturated rings. The molecular formula is C18H20O. The zero-order valence-electron chi connectivity index (χ0n) is 11.5. The molecule has 1 heteroatoms. The van der Waals surface area contributed by atoms with Gasteiger partial charge in [0, 0.05) is 0 Å². The van der Waals surface area contributed by atoms with E-state index in [2.05, 4.69) is 43.3 Å². The Kier molecular flexibility index (Phi) is 4.53. The van der Waals surface area contributed by atoms with Gasteiger partial charge in [0.25, 0.3) is 0 Å². The summed E-state index contributed by atoms with van der Waals surface area (Å²) in [6, 6.07) is 18.9. The fourth-order valence-corrected chi connectivity index (χ4v) is 2.22. The zero-order chi connectivity index (χ0) is 13.7. The smallest absolute Gasteiger partial charge is 0.0698 e. The fraction of sp³-hybridized carbons (Fsp3) is 0.222. The Morgan fingerprint density at radius 3 is 2.11 bits per heavy atom. The molecule has 0 spiro atoms. The molecule has 0 bridgehead atoms. The van der Waals surface area contributed by atoms with E-state index in [1.54, 1.807) is 6.92 Å². The van der Waals surface area contributed by atoms with Crippen molar-refractivity contribution in [1.82, 2.24) is 0 Å². The molecule has 1 nitrogen and oxygen atoms in total. The summed E-state index contributed by atoms with van der Waals surface area (Å²) >= 11 is 0. The van der Waals surface area contributed by atoms with Gasteiger partial charge in [-0.2, -0.15) is 0 Å². The second-order valence-electron chi connectivity index (χ2n) is 4.73. The van der Waals surface area contributed by atoms with Crippen molar-refractivity contribution < 1.29 is 5.11 Å². The van der Waals surface area contributed by atoms with Crippen LogP contribution in [0.1, 0.15) is 25.8 Å². The van der Waals surface area contributed by atoms with Gasteiger partial charge in [0.05, 0.1) is 6.10 Å². The topological polar surface area (TPSA) is 20.2 Å². The Morgan fingerprint density at radius 2 is 1.58 bits per heavy atom. The Hall–Kier alpha value is -1.86. The van der Waals surface area contributed by atoms with Crippen LogP contribution in [-0.4, -0.2) is 11.2 Å². The van der Waals surface area contributed by atoms with Crippen molar-refractivity contribution in [2.75, 3.05) is 0 Å². The van der Waals surface area contributed by atoms with Gasteiger partial charge >= 0.3 is 0 Å². The third-order valence-electron chi connectivity index (χ3n) is 3.19. The summed E-state index contributed by atoms with van der Waals surface area (Å²) in [5.74, 6) is 0. The maximum atomic E-state index is 9.47. The molecule has 2 aromatic rings. The molecule has 0 aliphatic carbocycles. The van der Waals surface area contributed by atoms with Crippen molar-refractivity contribution in [1.29, 1.82) is 0 Å². The average molecular weight is 252 g/mol. The fourth-order valence-electron chi connectivity index (χ4n) is 2.22. The lowest BCUT2D eigenvalue weighted by molar-refractivity contribution is 0.244. The molecule has 1 N–H and O–H groups in total. The van der Waals surface area contributed by atoms with Crippen molar-refractivity contribution in [2.45, 2.75) is 26.4 Å². The molecule has 0 amide bonds. The third-order valence-corrected chi connectivity index (χ3v) is 3.19. The molecule has 0 aliphatic rings. The Bertz CT molecular complexity index is 536. The van der Waals surface area contributed by atoms with Crippen LogP contribution in [0.5, 0.6) is 0 Å². The van der Waals surface area contributed by atoms with Crippen LogP contribution in [-0.2, 0) is 0 Å². The van der Waals surface area contributed by atoms with Crippen LogP contribution < -0.4 is 0 Å². The van der Waals surface area contributed by atoms with Crippen molar-refractivity contribution >= 4 is 5.57 Å². The number of benzene rings is 2. The van der Waals surface area contributed by atoms with Crippen molar-refractivity contribution in [3.8, 4) is 11.1 Å². The summed E-state index contributed by atoms with van der Waals surface area (Å²) in [4.78, 5) is 0. The molecule has 2 rings (SSSR count). The minimum atomic E-state index is -0.399. The number of allylic oxidation sites excluding steroid dienone is 1. The third kappa shape index (κ3) is 3.55. The number of hydrogen-bond acceptors (Lipinski definition) is 1. The Morgan fingerprint density at radius 1 is 1.00 bits per heavy atom. The van der Waals surface area contributed by atoms with Gasteiger partial charge in [-0.05, 0) is 35.6 Å². The van der Waals surface area contributed by atoms with Crippen LogP contribution in [0.15, 0.2) is 60.7 Å². The molecule has 98 valence electrons. The van der Waals surface area contributed by atoms with E-state index in [4.69, 9.17) is 0 Å². The summed E-state index contributed by atoms with van der Waals surface area (Å²) in [6.45, 7) is 3.90. The van der Waals surface area contributed by atoms with Gasteiger partial charge < -0.3 is 5.11 Å². The molecule has 1 atom stereocenters. The molecule has 0 saturated carbocycles. The summed E-state index contributed by atoms with van der Waals surface area (Å²) in [6.07, 6.45) is 2.44. The summed E-state index contributed by atoms with van der Waals surface area (Å²) in [5, 5.41) is 9.47. The van der Waals surface area contributed by atoms with E-state index < -0.39 is 6.10 Å². The SMILES string of the molecule is CCC(=CC(C)O)c1ccc(-c2ccccc2)cc1. The van der Waals surface area contributed by atoms with Crippen molar-refractivity contribution in [3.05, 3.63) is 66.2 Å². The summed E-state index contributed by atoms with van der Waals surface area (Å²) in [5.41, 5.74) is 4.82. The highest BCUT2D eigenvalue weighted by atomic mass is 16.3. The van der Waals surface area contributed by atoms with E-state index in [0.29, 0.717) is 0 Å². The van der Waals surface area contributed by atoms with E-state index in [1.165, 1.54) is 22.3 Å². The van der Waals surface area contributed by atoms with Gasteiger partial charge in [-0.15, -0.1) is 0 Å². The minimum absolute atomic E-state index is 0.399. The predicted molar refractivity (Wildman–Crippen MR) is 81.8 cm³/mol. The molecule has 0 heterocycles. The highest BCUT2D eigenvalue weighted by molar-refractivity contribution is 5.70. The molecule has 19 heavy (non-hydrogen) atoms. The lowest BCUT2D eigenvalue weighted by atomic mass is 9.98. The highest BCUT2D eigenvalue weighted by Gasteiger charge is 2.02. The molecular weight excluding hydrogens is 232 g/mol. The van der Waals surface area contributed by atoms with Gasteiger partial charge in [-0.3, -0.25) is 0 Å². The Labute approximate surface area is 115 Å². The number of hydrogen-bond donors (Lipinski definition) is 1. The summed E-state index contributed by atoms with van der Waals surface area (Å²) < 4.78 is 0. The minimum Gasteiger partial charge on any atom is -0.389 e. The maximum absolute atomic E-state index is 9.47. The van der Waals surface area contributed by atoms with Crippen LogP contribution in [0, 0.1) is 0 Å². The molecule has 1 unspecified atom stereocenters. The average Bonchev–Trinajstić information content (AvgIpc) is 2.46. The predicted octanol–water partition coefficient (Wildman–Crippen LogP) is 4.53. The first kappa shape index (κ1) is 13.6. The molecule has 2 aromatic carbocycles. The zero-order valence-corrected chi connectivity index (χ0v) is 11.5. The first-order valence-electron chi connectivity index (χ1n) is 6.75. The van der Waals surface area contributed by atoms with Crippen LogP contribution >= 0.6 is 0 Å². The number of aliphatic hydroxyl groups is 1. The molecule has 0 aliphatic heterocycles. The standard InChI is InChI=1S/C18H20O/c1-3-15(13-14(2)19)17-9-11-18(12-10-17)16-7-5-4-6-8-16/h4-14,19H,3H2,1-2H3. The van der Waals surface area contributed by atoms with Crippen LogP contribution in [0.3, 0.4) is 0 Å². The van der Waals surface area contributed by atoms with Gasteiger partial charge in [-0.25, -0.2) is 0 Å². The van der Waals surface area contributed by atoms with Gasteiger partial charge in [0.1, 0.15) is 0 Å². The van der Waals surface area contributed by atoms with Crippen LogP contribution in [0.4, 0.5) is 0 Å². The Balaban J connectivity index is 2.28. The number of rotatable bonds is 4. The van der Waals surface area contributed by atoms with E-state index in [0.717, 1.165) is 6.42 Å². The van der Waals surface area contributed by atoms with E-state index in [-0.39, 0.29) is 0 Å². The van der Waals surface area contributed by atoms with E-state index >= 15 is 0 Å². The van der Waals surface area contributed by atoms with E-state index in [9.17, 15) is 5.11 Å². The lowest BCUT2D eigenvalue weighted by Gasteiger charge is -2.08. The first-order valence-corrected chi connectivity index (χ1v) is 6.75. The second kappa shape index (κ2) is 6.35. The van der Waals surface area contributed by atoms with Crippen LogP contribution in [0.25, 0.3) is 16.7 Å².